The summed E-state index contributed by atoms with van der Waals surface area (Å²) in [6.45, 7) is 0. The highest BCUT2D eigenvalue weighted by atomic mass is 32.2. The first-order valence-corrected chi connectivity index (χ1v) is 7.42. The monoisotopic (exact) mass is 287 g/mol. The lowest BCUT2D eigenvalue weighted by Gasteiger charge is -2.07. The maximum Gasteiger partial charge on any atom is 0.224 e. The quantitative estimate of drug-likeness (QED) is 0.486. The molecule has 0 fully saturated rings. The highest BCUT2D eigenvalue weighted by Gasteiger charge is 2.04. The average molecular weight is 287 g/mol. The summed E-state index contributed by atoms with van der Waals surface area (Å²) in [6, 6.07) is 13.1. The van der Waals surface area contributed by atoms with Crippen LogP contribution in [0.3, 0.4) is 0 Å². The van der Waals surface area contributed by atoms with Gasteiger partial charge in [0.1, 0.15) is 0 Å². The number of thioether (sulfide) groups is 1. The van der Waals surface area contributed by atoms with Crippen LogP contribution in [-0.2, 0) is 4.79 Å². The van der Waals surface area contributed by atoms with Gasteiger partial charge in [-0.3, -0.25) is 4.79 Å². The number of nitrogens with one attached hydrogen (secondary N) is 1. The fourth-order valence-electron chi connectivity index (χ4n) is 1.67. The average Bonchev–Trinajstić information content (AvgIpc) is 2.47. The number of pyridine rings is 1. The molecule has 0 radical (unpaired) electrons. The number of aromatic nitrogens is 1. The van der Waals surface area contributed by atoms with E-state index in [-0.39, 0.29) is 5.91 Å². The van der Waals surface area contributed by atoms with E-state index in [0.717, 1.165) is 17.2 Å². The van der Waals surface area contributed by atoms with Crippen LogP contribution in [0.4, 0.5) is 11.4 Å². The van der Waals surface area contributed by atoms with Crippen LogP contribution >= 0.6 is 11.8 Å². The number of benzene rings is 1. The zero-order chi connectivity index (χ0) is 14.2. The minimum Gasteiger partial charge on any atom is -0.397 e. The molecular formula is C15H17N3OS. The number of anilines is 2. The van der Waals surface area contributed by atoms with Gasteiger partial charge in [-0.25, -0.2) is 4.98 Å². The van der Waals surface area contributed by atoms with Gasteiger partial charge in [0, 0.05) is 12.6 Å². The molecule has 0 saturated carbocycles. The van der Waals surface area contributed by atoms with Crippen LogP contribution in [0.5, 0.6) is 0 Å². The normalized spacial score (nSPS) is 10.2. The minimum absolute atomic E-state index is 0.00970. The van der Waals surface area contributed by atoms with Gasteiger partial charge in [-0.2, -0.15) is 0 Å². The van der Waals surface area contributed by atoms with E-state index in [1.54, 1.807) is 30.1 Å². The number of nitrogens with two attached hydrogens (primary N) is 1. The molecular weight excluding hydrogens is 270 g/mol. The van der Waals surface area contributed by atoms with E-state index in [0.29, 0.717) is 17.8 Å². The van der Waals surface area contributed by atoms with Crippen molar-refractivity contribution in [3.8, 4) is 0 Å². The van der Waals surface area contributed by atoms with Crippen molar-refractivity contribution in [1.82, 2.24) is 4.98 Å². The molecule has 2 aromatic rings. The highest BCUT2D eigenvalue weighted by molar-refractivity contribution is 7.99. The molecule has 0 aliphatic carbocycles. The van der Waals surface area contributed by atoms with Crippen molar-refractivity contribution in [3.05, 3.63) is 48.7 Å². The van der Waals surface area contributed by atoms with Gasteiger partial charge >= 0.3 is 0 Å². The third-order valence-electron chi connectivity index (χ3n) is 2.67. The summed E-state index contributed by atoms with van der Waals surface area (Å²) in [6.07, 6.45) is 3.06. The highest BCUT2D eigenvalue weighted by Crippen LogP contribution is 2.18. The van der Waals surface area contributed by atoms with Crippen molar-refractivity contribution >= 4 is 29.0 Å². The van der Waals surface area contributed by atoms with Crippen molar-refractivity contribution < 1.29 is 4.79 Å². The number of carbonyl (C=O) groups is 1. The van der Waals surface area contributed by atoms with Crippen molar-refractivity contribution in [1.29, 1.82) is 0 Å². The first kappa shape index (κ1) is 14.4. The number of hydrogen-bond donors (Lipinski definition) is 2. The first-order chi connectivity index (χ1) is 9.75. The third kappa shape index (κ3) is 4.59. The van der Waals surface area contributed by atoms with E-state index in [2.05, 4.69) is 10.3 Å². The Kier molecular flexibility index (Phi) is 5.43. The summed E-state index contributed by atoms with van der Waals surface area (Å²) in [5.41, 5.74) is 7.04. The molecule has 3 N–H and O–H groups in total. The van der Waals surface area contributed by atoms with Crippen molar-refractivity contribution in [2.45, 2.75) is 17.9 Å². The molecule has 1 amide bonds. The predicted octanol–water partition coefficient (Wildman–Crippen LogP) is 3.17. The summed E-state index contributed by atoms with van der Waals surface area (Å²) in [4.78, 5) is 16.0. The van der Waals surface area contributed by atoms with E-state index in [9.17, 15) is 4.79 Å². The molecule has 0 saturated heterocycles. The molecule has 104 valence electrons. The Morgan fingerprint density at radius 1 is 1.20 bits per heavy atom. The van der Waals surface area contributed by atoms with Crippen molar-refractivity contribution in [2.75, 3.05) is 16.8 Å². The van der Waals surface area contributed by atoms with Gasteiger partial charge in [0.15, 0.2) is 0 Å². The molecule has 4 nitrogen and oxygen atoms in total. The molecule has 0 bridgehead atoms. The van der Waals surface area contributed by atoms with E-state index in [1.165, 1.54) is 0 Å². The zero-order valence-electron chi connectivity index (χ0n) is 11.1. The maximum atomic E-state index is 11.8. The van der Waals surface area contributed by atoms with Crippen LogP contribution in [0.25, 0.3) is 0 Å². The van der Waals surface area contributed by atoms with Gasteiger partial charge in [-0.1, -0.05) is 18.2 Å². The smallest absolute Gasteiger partial charge is 0.224 e. The molecule has 0 spiro atoms. The maximum absolute atomic E-state index is 11.8. The van der Waals surface area contributed by atoms with Gasteiger partial charge in [0.05, 0.1) is 16.4 Å². The van der Waals surface area contributed by atoms with Crippen LogP contribution in [0.1, 0.15) is 12.8 Å². The molecule has 5 heteroatoms. The number of nitrogens with zero attached hydrogens (tertiary/aromatic N) is 1. The fraction of sp³-hybridized carbons (Fsp3) is 0.200. The summed E-state index contributed by atoms with van der Waals surface area (Å²) in [5, 5.41) is 3.81. The van der Waals surface area contributed by atoms with Crippen LogP contribution in [0, 0.1) is 0 Å². The SMILES string of the molecule is Nc1ccccc1NC(=O)CCCSc1ccccn1. The number of amides is 1. The number of nitrogen functional groups attached to an aromatic ring is 1. The lowest BCUT2D eigenvalue weighted by Crippen LogP contribution is -2.12. The Bertz CT molecular complexity index is 560. The van der Waals surface area contributed by atoms with Crippen LogP contribution in [0.15, 0.2) is 53.7 Å². The standard InChI is InChI=1S/C15H17N3OS/c16-12-6-1-2-7-13(12)18-14(19)8-5-11-20-15-9-3-4-10-17-15/h1-4,6-7,9-10H,5,8,11,16H2,(H,18,19). The Hall–Kier alpha value is -2.01. The Labute approximate surface area is 122 Å². The summed E-state index contributed by atoms with van der Waals surface area (Å²) in [7, 11) is 0. The molecule has 0 atom stereocenters. The van der Waals surface area contributed by atoms with Crippen LogP contribution in [0.2, 0.25) is 0 Å². The lowest BCUT2D eigenvalue weighted by molar-refractivity contribution is -0.116. The Morgan fingerprint density at radius 3 is 2.75 bits per heavy atom. The van der Waals surface area contributed by atoms with Gasteiger partial charge in [0.2, 0.25) is 5.91 Å². The van der Waals surface area contributed by atoms with Gasteiger partial charge in [-0.05, 0) is 36.4 Å². The second-order valence-electron chi connectivity index (χ2n) is 4.26. The number of rotatable bonds is 6. The number of para-hydroxylation sites is 2. The third-order valence-corrected chi connectivity index (χ3v) is 3.70. The predicted molar refractivity (Wildman–Crippen MR) is 83.7 cm³/mol. The largest absolute Gasteiger partial charge is 0.397 e. The number of carbonyl (C=O) groups excluding carboxylic acids is 1. The molecule has 1 aromatic heterocycles. The van der Waals surface area contributed by atoms with Gasteiger partial charge in [0.25, 0.3) is 0 Å². The molecule has 20 heavy (non-hydrogen) atoms. The fourth-order valence-corrected chi connectivity index (χ4v) is 2.47. The molecule has 1 aromatic carbocycles. The van der Waals surface area contributed by atoms with Crippen molar-refractivity contribution in [2.24, 2.45) is 0 Å². The Balaban J connectivity index is 1.69. The molecule has 1 heterocycles. The molecule has 2 rings (SSSR count). The van der Waals surface area contributed by atoms with E-state index < -0.39 is 0 Å². The van der Waals surface area contributed by atoms with Crippen molar-refractivity contribution in [3.63, 3.8) is 0 Å². The Morgan fingerprint density at radius 2 is 2.00 bits per heavy atom. The molecule has 0 aliphatic heterocycles. The molecule has 0 unspecified atom stereocenters. The second-order valence-corrected chi connectivity index (χ2v) is 5.37. The number of hydrogen-bond acceptors (Lipinski definition) is 4. The molecule has 0 aliphatic rings. The topological polar surface area (TPSA) is 68.0 Å². The van der Waals surface area contributed by atoms with E-state index >= 15 is 0 Å². The van der Waals surface area contributed by atoms with Gasteiger partial charge in [-0.15, -0.1) is 11.8 Å². The lowest BCUT2D eigenvalue weighted by atomic mass is 10.2. The van der Waals surface area contributed by atoms with E-state index in [1.807, 2.05) is 30.3 Å². The van der Waals surface area contributed by atoms with Crippen LogP contribution in [-0.4, -0.2) is 16.6 Å². The first-order valence-electron chi connectivity index (χ1n) is 6.44. The van der Waals surface area contributed by atoms with E-state index in [4.69, 9.17) is 5.73 Å². The zero-order valence-corrected chi connectivity index (χ0v) is 11.9. The second kappa shape index (κ2) is 7.55. The summed E-state index contributed by atoms with van der Waals surface area (Å²) in [5.74, 6) is 0.860. The summed E-state index contributed by atoms with van der Waals surface area (Å²) >= 11 is 1.66. The van der Waals surface area contributed by atoms with Gasteiger partial charge < -0.3 is 11.1 Å². The summed E-state index contributed by atoms with van der Waals surface area (Å²) < 4.78 is 0. The minimum atomic E-state index is -0.00970. The van der Waals surface area contributed by atoms with Crippen LogP contribution < -0.4 is 11.1 Å².